The van der Waals surface area contributed by atoms with Crippen molar-refractivity contribution in [1.29, 1.82) is 0 Å². The number of hydrogen-bond acceptors (Lipinski definition) is 4. The number of anilines is 1. The molecule has 19 heavy (non-hydrogen) atoms. The average molecular weight is 276 g/mol. The highest BCUT2D eigenvalue weighted by Gasteiger charge is 2.25. The molecule has 0 aliphatic heterocycles. The largest absolute Gasteiger partial charge is 0.294 e. The topological polar surface area (TPSA) is 51.0 Å². The Bertz CT molecular complexity index is 602. The Balaban J connectivity index is 1.98. The molecule has 0 atom stereocenters. The monoisotopic (exact) mass is 276 g/mol. The third-order valence-electron chi connectivity index (χ3n) is 3.56. The van der Waals surface area contributed by atoms with E-state index in [1.807, 2.05) is 11.7 Å². The molecule has 3 rings (SSSR count). The Hall–Kier alpha value is -1.69. The van der Waals surface area contributed by atoms with Crippen LogP contribution < -0.4 is 4.90 Å². The third kappa shape index (κ3) is 2.06. The molecule has 1 aliphatic carbocycles. The summed E-state index contributed by atoms with van der Waals surface area (Å²) in [5, 5.41) is 6.32. The first-order valence-corrected chi connectivity index (χ1v) is 7.33. The van der Waals surface area contributed by atoms with Crippen molar-refractivity contribution in [2.75, 3.05) is 11.9 Å². The van der Waals surface area contributed by atoms with E-state index in [1.165, 1.54) is 29.7 Å². The molecule has 2 heterocycles. The van der Waals surface area contributed by atoms with Gasteiger partial charge in [-0.15, -0.1) is 11.3 Å². The Morgan fingerprint density at radius 2 is 2.21 bits per heavy atom. The van der Waals surface area contributed by atoms with E-state index in [-0.39, 0.29) is 5.91 Å². The number of aromatic nitrogens is 3. The number of aryl methyl sites for hydroxylation is 2. The lowest BCUT2D eigenvalue weighted by Crippen LogP contribution is -2.29. The van der Waals surface area contributed by atoms with Crippen molar-refractivity contribution in [3.8, 4) is 0 Å². The maximum atomic E-state index is 12.4. The predicted molar refractivity (Wildman–Crippen MR) is 74.7 cm³/mol. The minimum Gasteiger partial charge on any atom is -0.294 e. The fourth-order valence-electron chi connectivity index (χ4n) is 2.67. The molecule has 1 amide bonds. The zero-order chi connectivity index (χ0) is 13.4. The second kappa shape index (κ2) is 4.77. The van der Waals surface area contributed by atoms with Gasteiger partial charge in [-0.3, -0.25) is 14.4 Å². The number of amides is 1. The van der Waals surface area contributed by atoms with Gasteiger partial charge in [0.05, 0.1) is 11.2 Å². The summed E-state index contributed by atoms with van der Waals surface area (Å²) in [5.74, 6) is 0.838. The summed E-state index contributed by atoms with van der Waals surface area (Å²) in [6.45, 7) is 0. The maximum absolute atomic E-state index is 12.4. The van der Waals surface area contributed by atoms with Gasteiger partial charge in [0.2, 0.25) is 0 Å². The van der Waals surface area contributed by atoms with E-state index in [4.69, 9.17) is 0 Å². The van der Waals surface area contributed by atoms with Crippen molar-refractivity contribution >= 4 is 23.1 Å². The molecule has 0 bridgehead atoms. The van der Waals surface area contributed by atoms with Gasteiger partial charge in [0.25, 0.3) is 5.91 Å². The van der Waals surface area contributed by atoms with Gasteiger partial charge < -0.3 is 0 Å². The highest BCUT2D eigenvalue weighted by atomic mass is 32.1. The fourth-order valence-corrected chi connectivity index (χ4v) is 3.20. The SMILES string of the molecule is CN(C(=O)c1cscn1)c1c2c(nn1C)CCCC2. The van der Waals surface area contributed by atoms with Crippen molar-refractivity contribution < 1.29 is 4.79 Å². The molecule has 100 valence electrons. The number of rotatable bonds is 2. The summed E-state index contributed by atoms with van der Waals surface area (Å²) < 4.78 is 1.82. The molecule has 0 saturated carbocycles. The van der Waals surface area contributed by atoms with E-state index >= 15 is 0 Å². The quantitative estimate of drug-likeness (QED) is 0.843. The van der Waals surface area contributed by atoms with Crippen molar-refractivity contribution in [3.63, 3.8) is 0 Å². The van der Waals surface area contributed by atoms with Crippen LogP contribution in [0.4, 0.5) is 5.82 Å². The van der Waals surface area contributed by atoms with Gasteiger partial charge in [-0.05, 0) is 25.7 Å². The highest BCUT2D eigenvalue weighted by molar-refractivity contribution is 7.07. The molecule has 2 aromatic rings. The van der Waals surface area contributed by atoms with E-state index in [0.29, 0.717) is 5.69 Å². The summed E-state index contributed by atoms with van der Waals surface area (Å²) in [6.07, 6.45) is 4.38. The van der Waals surface area contributed by atoms with Crippen LogP contribution in [0.1, 0.15) is 34.6 Å². The Morgan fingerprint density at radius 1 is 1.42 bits per heavy atom. The second-order valence-electron chi connectivity index (χ2n) is 4.82. The van der Waals surface area contributed by atoms with E-state index < -0.39 is 0 Å². The van der Waals surface area contributed by atoms with Gasteiger partial charge >= 0.3 is 0 Å². The molecule has 0 radical (unpaired) electrons. The third-order valence-corrected chi connectivity index (χ3v) is 4.15. The molecule has 6 heteroatoms. The number of thiazole rings is 1. The number of carbonyl (C=O) groups excluding carboxylic acids is 1. The molecule has 0 aromatic carbocycles. The van der Waals surface area contributed by atoms with E-state index in [1.54, 1.807) is 22.8 Å². The summed E-state index contributed by atoms with van der Waals surface area (Å²) >= 11 is 1.43. The van der Waals surface area contributed by atoms with Crippen molar-refractivity contribution in [3.05, 3.63) is 27.8 Å². The molecular formula is C13H16N4OS. The van der Waals surface area contributed by atoms with Crippen LogP contribution in [-0.2, 0) is 19.9 Å². The van der Waals surface area contributed by atoms with Crippen LogP contribution in [0.15, 0.2) is 10.9 Å². The van der Waals surface area contributed by atoms with Crippen LogP contribution in [-0.4, -0.2) is 27.7 Å². The molecule has 0 unspecified atom stereocenters. The minimum atomic E-state index is -0.0716. The van der Waals surface area contributed by atoms with E-state index in [2.05, 4.69) is 10.1 Å². The lowest BCUT2D eigenvalue weighted by atomic mass is 9.97. The molecule has 0 fully saturated rings. The zero-order valence-corrected chi connectivity index (χ0v) is 11.9. The smallest absolute Gasteiger partial charge is 0.278 e. The minimum absolute atomic E-state index is 0.0716. The number of fused-ring (bicyclic) bond motifs is 1. The number of nitrogens with zero attached hydrogens (tertiary/aromatic N) is 4. The highest BCUT2D eigenvalue weighted by Crippen LogP contribution is 2.29. The van der Waals surface area contributed by atoms with Crippen LogP contribution in [0.3, 0.4) is 0 Å². The molecule has 0 N–H and O–H groups in total. The van der Waals surface area contributed by atoms with Crippen molar-refractivity contribution in [2.24, 2.45) is 7.05 Å². The molecule has 0 spiro atoms. The lowest BCUT2D eigenvalue weighted by molar-refractivity contribution is 0.0987. The van der Waals surface area contributed by atoms with Gasteiger partial charge in [-0.25, -0.2) is 4.98 Å². The van der Waals surface area contributed by atoms with E-state index in [0.717, 1.165) is 24.4 Å². The van der Waals surface area contributed by atoms with Gasteiger partial charge in [-0.1, -0.05) is 0 Å². The molecule has 2 aromatic heterocycles. The van der Waals surface area contributed by atoms with Crippen LogP contribution in [0, 0.1) is 0 Å². The van der Waals surface area contributed by atoms with Gasteiger partial charge in [0.1, 0.15) is 11.5 Å². The second-order valence-corrected chi connectivity index (χ2v) is 5.54. The molecule has 0 saturated heterocycles. The summed E-state index contributed by atoms with van der Waals surface area (Å²) in [5.41, 5.74) is 4.54. The Kier molecular flexibility index (Phi) is 3.10. The van der Waals surface area contributed by atoms with Gasteiger partial charge in [0, 0.05) is 25.0 Å². The Morgan fingerprint density at radius 3 is 2.95 bits per heavy atom. The lowest BCUT2D eigenvalue weighted by Gasteiger charge is -2.19. The maximum Gasteiger partial charge on any atom is 0.278 e. The van der Waals surface area contributed by atoms with Crippen LogP contribution >= 0.6 is 11.3 Å². The van der Waals surface area contributed by atoms with Crippen molar-refractivity contribution in [2.45, 2.75) is 25.7 Å². The summed E-state index contributed by atoms with van der Waals surface area (Å²) in [7, 11) is 3.70. The van der Waals surface area contributed by atoms with Crippen LogP contribution in [0.25, 0.3) is 0 Å². The predicted octanol–water partition coefficient (Wildman–Crippen LogP) is 2.03. The van der Waals surface area contributed by atoms with Gasteiger partial charge in [-0.2, -0.15) is 5.10 Å². The number of carbonyl (C=O) groups is 1. The Labute approximate surface area is 115 Å². The van der Waals surface area contributed by atoms with Crippen molar-refractivity contribution in [1.82, 2.24) is 14.8 Å². The van der Waals surface area contributed by atoms with E-state index in [9.17, 15) is 4.79 Å². The summed E-state index contributed by atoms with van der Waals surface area (Å²) in [6, 6.07) is 0. The fraction of sp³-hybridized carbons (Fsp3) is 0.462. The van der Waals surface area contributed by atoms with Gasteiger partial charge in [0.15, 0.2) is 0 Å². The normalized spacial score (nSPS) is 14.2. The molecule has 1 aliphatic rings. The first-order chi connectivity index (χ1) is 9.18. The zero-order valence-electron chi connectivity index (χ0n) is 11.1. The summed E-state index contributed by atoms with van der Waals surface area (Å²) in [4.78, 5) is 18.1. The first kappa shape index (κ1) is 12.3. The first-order valence-electron chi connectivity index (χ1n) is 6.39. The average Bonchev–Trinajstić information content (AvgIpc) is 3.03. The van der Waals surface area contributed by atoms with Crippen LogP contribution in [0.2, 0.25) is 0 Å². The number of hydrogen-bond donors (Lipinski definition) is 0. The van der Waals surface area contributed by atoms with Crippen LogP contribution in [0.5, 0.6) is 0 Å². The molecule has 5 nitrogen and oxygen atoms in total. The molecular weight excluding hydrogens is 260 g/mol. The standard InChI is InChI=1S/C13H16N4OS/c1-16(13(18)11-7-19-8-14-11)12-9-5-3-4-6-10(9)15-17(12)2/h7-8H,3-6H2,1-2H3.